The molecule has 0 N–H and O–H groups in total. The Hall–Kier alpha value is -1.50. The zero-order valence-corrected chi connectivity index (χ0v) is 5.95. The second-order valence-corrected chi connectivity index (χ2v) is 2.27. The first-order chi connectivity index (χ1) is 5.47. The van der Waals surface area contributed by atoms with Gasteiger partial charge in [0.15, 0.2) is 0 Å². The molecule has 1 aromatic carbocycles. The molecular weight excluding hydrogens is 136 g/mol. The molecule has 11 heavy (non-hydrogen) atoms. The summed E-state index contributed by atoms with van der Waals surface area (Å²) in [7, 11) is 0. The van der Waals surface area contributed by atoms with Gasteiger partial charge in [0.1, 0.15) is 5.76 Å². The highest BCUT2D eigenvalue weighted by Gasteiger charge is 1.96. The molecule has 1 nitrogen and oxygen atoms in total. The van der Waals surface area contributed by atoms with Crippen LogP contribution in [0.4, 0.5) is 0 Å². The van der Waals surface area contributed by atoms with Crippen molar-refractivity contribution in [3.05, 3.63) is 48.7 Å². The molecule has 0 bridgehead atoms. The SMILES string of the molecule is [c]1cccc(-c2ccco2)c1. The summed E-state index contributed by atoms with van der Waals surface area (Å²) in [5.74, 6) is 0.891. The molecule has 2 rings (SSSR count). The summed E-state index contributed by atoms with van der Waals surface area (Å²) in [6, 6.07) is 14.5. The van der Waals surface area contributed by atoms with E-state index in [1.165, 1.54) is 0 Å². The van der Waals surface area contributed by atoms with Gasteiger partial charge in [-0.15, -0.1) is 0 Å². The summed E-state index contributed by atoms with van der Waals surface area (Å²) in [5, 5.41) is 0. The Bertz CT molecular complexity index is 308. The summed E-state index contributed by atoms with van der Waals surface area (Å²) in [4.78, 5) is 0. The molecule has 2 aromatic rings. The molecule has 0 aliphatic rings. The van der Waals surface area contributed by atoms with Gasteiger partial charge in [0.2, 0.25) is 0 Å². The van der Waals surface area contributed by atoms with Crippen molar-refractivity contribution < 1.29 is 4.42 Å². The maximum absolute atomic E-state index is 5.20. The molecule has 1 heteroatoms. The second kappa shape index (κ2) is 2.62. The normalized spacial score (nSPS) is 9.82. The van der Waals surface area contributed by atoms with Crippen LogP contribution in [0.25, 0.3) is 11.3 Å². The van der Waals surface area contributed by atoms with Crippen molar-refractivity contribution >= 4 is 0 Å². The highest BCUT2D eigenvalue weighted by atomic mass is 16.3. The smallest absolute Gasteiger partial charge is 0.133 e. The van der Waals surface area contributed by atoms with E-state index in [1.807, 2.05) is 36.4 Å². The van der Waals surface area contributed by atoms with Crippen molar-refractivity contribution in [2.45, 2.75) is 0 Å². The van der Waals surface area contributed by atoms with Gasteiger partial charge in [-0.25, -0.2) is 0 Å². The van der Waals surface area contributed by atoms with Crippen LogP contribution < -0.4 is 0 Å². The summed E-state index contributed by atoms with van der Waals surface area (Å²) in [6.45, 7) is 0. The molecule has 0 saturated carbocycles. The van der Waals surface area contributed by atoms with Crippen LogP contribution in [0.1, 0.15) is 0 Å². The van der Waals surface area contributed by atoms with E-state index in [1.54, 1.807) is 6.26 Å². The molecule has 0 aliphatic carbocycles. The third kappa shape index (κ3) is 1.17. The van der Waals surface area contributed by atoms with Gasteiger partial charge >= 0.3 is 0 Å². The maximum atomic E-state index is 5.20. The standard InChI is InChI=1S/C10H7O/c1-2-5-9(6-3-1)10-7-4-8-11-10/h1-2,4-8H. The van der Waals surface area contributed by atoms with Gasteiger partial charge in [-0.1, -0.05) is 18.2 Å². The number of rotatable bonds is 1. The van der Waals surface area contributed by atoms with E-state index in [9.17, 15) is 0 Å². The molecule has 0 spiro atoms. The summed E-state index contributed by atoms with van der Waals surface area (Å²) < 4.78 is 5.20. The van der Waals surface area contributed by atoms with Crippen molar-refractivity contribution in [1.82, 2.24) is 0 Å². The largest absolute Gasteiger partial charge is 0.464 e. The first-order valence-corrected chi connectivity index (χ1v) is 3.47. The Morgan fingerprint density at radius 1 is 1.18 bits per heavy atom. The molecule has 0 amide bonds. The zero-order valence-electron chi connectivity index (χ0n) is 5.95. The summed E-state index contributed by atoms with van der Waals surface area (Å²) >= 11 is 0. The molecule has 0 atom stereocenters. The maximum Gasteiger partial charge on any atom is 0.133 e. The molecule has 0 aliphatic heterocycles. The molecule has 1 radical (unpaired) electrons. The average Bonchev–Trinajstić information content (AvgIpc) is 2.58. The monoisotopic (exact) mass is 143 g/mol. The Morgan fingerprint density at radius 2 is 2.18 bits per heavy atom. The van der Waals surface area contributed by atoms with Gasteiger partial charge < -0.3 is 4.42 Å². The van der Waals surface area contributed by atoms with Crippen molar-refractivity contribution in [2.24, 2.45) is 0 Å². The molecule has 53 valence electrons. The molecule has 1 heterocycles. The quantitative estimate of drug-likeness (QED) is 0.598. The minimum absolute atomic E-state index is 0.891. The number of hydrogen-bond acceptors (Lipinski definition) is 1. The van der Waals surface area contributed by atoms with E-state index in [4.69, 9.17) is 4.42 Å². The lowest BCUT2D eigenvalue weighted by atomic mass is 10.2. The van der Waals surface area contributed by atoms with E-state index >= 15 is 0 Å². The first-order valence-electron chi connectivity index (χ1n) is 3.47. The fourth-order valence-electron chi connectivity index (χ4n) is 0.989. The second-order valence-electron chi connectivity index (χ2n) is 2.27. The molecule has 0 fully saturated rings. The Morgan fingerprint density at radius 3 is 2.82 bits per heavy atom. The highest BCUT2D eigenvalue weighted by Crippen LogP contribution is 2.17. The topological polar surface area (TPSA) is 13.1 Å². The van der Waals surface area contributed by atoms with Crippen LogP contribution in [0.5, 0.6) is 0 Å². The van der Waals surface area contributed by atoms with Gasteiger partial charge in [-0.2, -0.15) is 0 Å². The van der Waals surface area contributed by atoms with Gasteiger partial charge in [0.05, 0.1) is 6.26 Å². The lowest BCUT2D eigenvalue weighted by Crippen LogP contribution is -1.69. The first kappa shape index (κ1) is 6.23. The van der Waals surface area contributed by atoms with E-state index in [2.05, 4.69) is 6.07 Å². The third-order valence-electron chi connectivity index (χ3n) is 1.51. The van der Waals surface area contributed by atoms with Crippen LogP contribution in [0, 0.1) is 6.07 Å². The third-order valence-corrected chi connectivity index (χ3v) is 1.51. The zero-order chi connectivity index (χ0) is 7.52. The fraction of sp³-hybridized carbons (Fsp3) is 0. The predicted octanol–water partition coefficient (Wildman–Crippen LogP) is 2.75. The van der Waals surface area contributed by atoms with Crippen LogP contribution in [0.2, 0.25) is 0 Å². The van der Waals surface area contributed by atoms with Crippen molar-refractivity contribution in [3.63, 3.8) is 0 Å². The van der Waals surface area contributed by atoms with Crippen LogP contribution in [-0.2, 0) is 0 Å². The fourth-order valence-corrected chi connectivity index (χ4v) is 0.989. The van der Waals surface area contributed by atoms with Crippen molar-refractivity contribution in [3.8, 4) is 11.3 Å². The van der Waals surface area contributed by atoms with E-state index in [0.717, 1.165) is 11.3 Å². The lowest BCUT2D eigenvalue weighted by molar-refractivity contribution is 0.582. The Kier molecular flexibility index (Phi) is 1.48. The van der Waals surface area contributed by atoms with Gasteiger partial charge in [0, 0.05) is 5.56 Å². The number of benzene rings is 1. The van der Waals surface area contributed by atoms with Crippen LogP contribution in [-0.4, -0.2) is 0 Å². The summed E-state index contributed by atoms with van der Waals surface area (Å²) in [6.07, 6.45) is 1.67. The highest BCUT2D eigenvalue weighted by molar-refractivity contribution is 5.56. The molecule has 1 aromatic heterocycles. The van der Waals surface area contributed by atoms with Gasteiger partial charge in [0.25, 0.3) is 0 Å². The molecular formula is C10H7O. The van der Waals surface area contributed by atoms with Crippen LogP contribution in [0.3, 0.4) is 0 Å². The van der Waals surface area contributed by atoms with Crippen LogP contribution in [0.15, 0.2) is 47.1 Å². The predicted molar refractivity (Wildman–Crippen MR) is 43.0 cm³/mol. The van der Waals surface area contributed by atoms with Gasteiger partial charge in [-0.05, 0) is 24.3 Å². The lowest BCUT2D eigenvalue weighted by Gasteiger charge is -1.92. The van der Waals surface area contributed by atoms with E-state index in [0.29, 0.717) is 0 Å². The van der Waals surface area contributed by atoms with Gasteiger partial charge in [-0.3, -0.25) is 0 Å². The van der Waals surface area contributed by atoms with Crippen molar-refractivity contribution in [1.29, 1.82) is 0 Å². The van der Waals surface area contributed by atoms with E-state index < -0.39 is 0 Å². The number of furan rings is 1. The average molecular weight is 143 g/mol. The molecule has 0 unspecified atom stereocenters. The minimum Gasteiger partial charge on any atom is -0.464 e. The Labute approximate surface area is 65.3 Å². The van der Waals surface area contributed by atoms with Crippen molar-refractivity contribution in [2.75, 3.05) is 0 Å². The number of hydrogen-bond donors (Lipinski definition) is 0. The minimum atomic E-state index is 0.891. The molecule has 0 saturated heterocycles. The Balaban J connectivity index is 2.46. The van der Waals surface area contributed by atoms with Crippen LogP contribution >= 0.6 is 0 Å². The summed E-state index contributed by atoms with van der Waals surface area (Å²) in [5.41, 5.74) is 1.07. The van der Waals surface area contributed by atoms with E-state index in [-0.39, 0.29) is 0 Å².